The number of nitrogens with zero attached hydrogens (tertiary/aromatic N) is 2. The first-order valence-electron chi connectivity index (χ1n) is 3.98. The Morgan fingerprint density at radius 1 is 1.54 bits per heavy atom. The number of aromatic nitrogens is 2. The minimum Gasteiger partial charge on any atom is -0.337 e. The van der Waals surface area contributed by atoms with Gasteiger partial charge in [-0.05, 0) is 6.42 Å². The average Bonchev–Trinajstić information content (AvgIpc) is 2.48. The van der Waals surface area contributed by atoms with Crippen molar-refractivity contribution in [2.75, 3.05) is 12.8 Å². The van der Waals surface area contributed by atoms with Crippen molar-refractivity contribution in [3.63, 3.8) is 0 Å². The monoisotopic (exact) mass is 203 g/mol. The molecule has 0 aliphatic heterocycles. The molecular weight excluding hydrogens is 190 g/mol. The van der Waals surface area contributed by atoms with Crippen LogP contribution in [0.15, 0.2) is 18.7 Å². The highest BCUT2D eigenvalue weighted by Crippen LogP contribution is 1.89. The van der Waals surface area contributed by atoms with Crippen molar-refractivity contribution in [1.29, 1.82) is 0 Å². The van der Waals surface area contributed by atoms with Crippen molar-refractivity contribution in [3.05, 3.63) is 18.7 Å². The summed E-state index contributed by atoms with van der Waals surface area (Å²) in [6.07, 6.45) is 7.18. The second-order valence-corrected chi connectivity index (χ2v) is 4.65. The van der Waals surface area contributed by atoms with Crippen LogP contribution in [-0.2, 0) is 16.6 Å². The van der Waals surface area contributed by atoms with Crippen LogP contribution in [0.2, 0.25) is 0 Å². The summed E-state index contributed by atoms with van der Waals surface area (Å²) in [5.74, 6) is 0. The molecule has 6 heteroatoms. The molecule has 0 radical (unpaired) electrons. The Labute approximate surface area is 77.8 Å². The van der Waals surface area contributed by atoms with Crippen LogP contribution in [0.25, 0.3) is 0 Å². The zero-order valence-corrected chi connectivity index (χ0v) is 8.29. The Hall–Kier alpha value is -0.880. The van der Waals surface area contributed by atoms with E-state index in [1.807, 2.05) is 10.8 Å². The molecule has 0 atom stereocenters. The lowest BCUT2D eigenvalue weighted by Gasteiger charge is -2.02. The van der Waals surface area contributed by atoms with E-state index in [0.717, 1.165) is 19.2 Å². The topological polar surface area (TPSA) is 64.0 Å². The molecule has 0 saturated carbocycles. The molecule has 0 aliphatic rings. The smallest absolute Gasteiger partial charge is 0.208 e. The van der Waals surface area contributed by atoms with Crippen LogP contribution >= 0.6 is 0 Å². The molecule has 0 fully saturated rings. The third kappa shape index (κ3) is 4.64. The number of sulfonamides is 1. The van der Waals surface area contributed by atoms with Crippen LogP contribution < -0.4 is 4.72 Å². The van der Waals surface area contributed by atoms with Gasteiger partial charge in [-0.25, -0.2) is 18.1 Å². The number of hydrogen-bond donors (Lipinski definition) is 1. The van der Waals surface area contributed by atoms with Crippen molar-refractivity contribution in [3.8, 4) is 0 Å². The Balaban J connectivity index is 2.16. The SMILES string of the molecule is CS(=O)(=O)NCCCn1ccnc1. The molecule has 1 aromatic rings. The molecule has 5 nitrogen and oxygen atoms in total. The van der Waals surface area contributed by atoms with E-state index in [1.54, 1.807) is 12.5 Å². The van der Waals surface area contributed by atoms with Gasteiger partial charge in [-0.15, -0.1) is 0 Å². The van der Waals surface area contributed by atoms with Crippen molar-refractivity contribution in [2.45, 2.75) is 13.0 Å². The Morgan fingerprint density at radius 2 is 2.31 bits per heavy atom. The van der Waals surface area contributed by atoms with Crippen LogP contribution in [0.1, 0.15) is 6.42 Å². The van der Waals surface area contributed by atoms with Gasteiger partial charge in [-0.3, -0.25) is 0 Å². The maximum atomic E-state index is 10.7. The van der Waals surface area contributed by atoms with E-state index in [-0.39, 0.29) is 0 Å². The highest BCUT2D eigenvalue weighted by atomic mass is 32.2. The molecule has 13 heavy (non-hydrogen) atoms. The molecule has 0 aliphatic carbocycles. The van der Waals surface area contributed by atoms with Gasteiger partial charge in [0.05, 0.1) is 12.6 Å². The van der Waals surface area contributed by atoms with Gasteiger partial charge in [0, 0.05) is 25.5 Å². The van der Waals surface area contributed by atoms with E-state index in [9.17, 15) is 8.42 Å². The summed E-state index contributed by atoms with van der Waals surface area (Å²) in [4.78, 5) is 3.87. The lowest BCUT2D eigenvalue weighted by molar-refractivity contribution is 0.575. The third-order valence-corrected chi connectivity index (χ3v) is 2.25. The zero-order valence-electron chi connectivity index (χ0n) is 7.47. The van der Waals surface area contributed by atoms with E-state index in [0.29, 0.717) is 6.54 Å². The molecule has 0 saturated heterocycles. The molecule has 0 amide bonds. The Bertz CT molecular complexity index is 331. The molecule has 0 spiro atoms. The number of imidazole rings is 1. The molecule has 1 heterocycles. The van der Waals surface area contributed by atoms with E-state index >= 15 is 0 Å². The first kappa shape index (κ1) is 10.2. The van der Waals surface area contributed by atoms with Crippen molar-refractivity contribution in [1.82, 2.24) is 14.3 Å². The second-order valence-electron chi connectivity index (χ2n) is 2.82. The van der Waals surface area contributed by atoms with E-state index in [2.05, 4.69) is 9.71 Å². The molecule has 0 unspecified atom stereocenters. The fourth-order valence-electron chi connectivity index (χ4n) is 0.938. The lowest BCUT2D eigenvalue weighted by Crippen LogP contribution is -2.23. The minimum absolute atomic E-state index is 0.469. The van der Waals surface area contributed by atoms with Crippen LogP contribution in [0, 0.1) is 0 Å². The summed E-state index contributed by atoms with van der Waals surface area (Å²) in [5.41, 5.74) is 0. The molecule has 1 N–H and O–H groups in total. The summed E-state index contributed by atoms with van der Waals surface area (Å²) in [6.45, 7) is 1.25. The Kier molecular flexibility index (Phi) is 3.44. The largest absolute Gasteiger partial charge is 0.337 e. The molecule has 1 aromatic heterocycles. The first-order valence-corrected chi connectivity index (χ1v) is 5.87. The van der Waals surface area contributed by atoms with E-state index < -0.39 is 10.0 Å². The fraction of sp³-hybridized carbons (Fsp3) is 0.571. The summed E-state index contributed by atoms with van der Waals surface area (Å²) < 4.78 is 25.7. The first-order chi connectivity index (χ1) is 6.08. The van der Waals surface area contributed by atoms with Gasteiger partial charge >= 0.3 is 0 Å². The van der Waals surface area contributed by atoms with Crippen molar-refractivity contribution < 1.29 is 8.42 Å². The third-order valence-electron chi connectivity index (χ3n) is 1.52. The summed E-state index contributed by atoms with van der Waals surface area (Å²) in [5, 5.41) is 0. The van der Waals surface area contributed by atoms with Gasteiger partial charge in [0.25, 0.3) is 0 Å². The van der Waals surface area contributed by atoms with Gasteiger partial charge in [0.15, 0.2) is 0 Å². The van der Waals surface area contributed by atoms with Gasteiger partial charge in [0.2, 0.25) is 10.0 Å². The van der Waals surface area contributed by atoms with Crippen LogP contribution in [0.5, 0.6) is 0 Å². The van der Waals surface area contributed by atoms with Crippen LogP contribution in [0.4, 0.5) is 0 Å². The maximum absolute atomic E-state index is 10.7. The van der Waals surface area contributed by atoms with Gasteiger partial charge in [-0.2, -0.15) is 0 Å². The van der Waals surface area contributed by atoms with Crippen molar-refractivity contribution in [2.24, 2.45) is 0 Å². The average molecular weight is 203 g/mol. The standard InChI is InChI=1S/C7H13N3O2S/c1-13(11,12)9-3-2-5-10-6-4-8-7-10/h4,6-7,9H,2-3,5H2,1H3. The van der Waals surface area contributed by atoms with E-state index in [1.165, 1.54) is 0 Å². The minimum atomic E-state index is -3.04. The van der Waals surface area contributed by atoms with Crippen LogP contribution in [-0.4, -0.2) is 30.8 Å². The summed E-state index contributed by atoms with van der Waals surface area (Å²) in [6, 6.07) is 0. The predicted octanol–water partition coefficient (Wildman–Crippen LogP) is -0.178. The van der Waals surface area contributed by atoms with E-state index in [4.69, 9.17) is 0 Å². The lowest BCUT2D eigenvalue weighted by atomic mass is 10.4. The molecule has 1 rings (SSSR count). The maximum Gasteiger partial charge on any atom is 0.208 e. The number of rotatable bonds is 5. The second kappa shape index (κ2) is 4.38. The van der Waals surface area contributed by atoms with Gasteiger partial charge in [0.1, 0.15) is 0 Å². The number of aryl methyl sites for hydroxylation is 1. The highest BCUT2D eigenvalue weighted by Gasteiger charge is 1.98. The predicted molar refractivity (Wildman–Crippen MR) is 49.7 cm³/mol. The summed E-state index contributed by atoms with van der Waals surface area (Å²) >= 11 is 0. The number of hydrogen-bond acceptors (Lipinski definition) is 3. The van der Waals surface area contributed by atoms with Crippen molar-refractivity contribution >= 4 is 10.0 Å². The molecular formula is C7H13N3O2S. The molecule has 74 valence electrons. The normalized spacial score (nSPS) is 11.8. The van der Waals surface area contributed by atoms with Gasteiger partial charge in [-0.1, -0.05) is 0 Å². The molecule has 0 bridgehead atoms. The highest BCUT2D eigenvalue weighted by molar-refractivity contribution is 7.88. The number of nitrogens with one attached hydrogen (secondary N) is 1. The zero-order chi connectivity index (χ0) is 9.73. The molecule has 0 aromatic carbocycles. The summed E-state index contributed by atoms with van der Waals surface area (Å²) in [7, 11) is -3.04. The quantitative estimate of drug-likeness (QED) is 0.675. The van der Waals surface area contributed by atoms with Gasteiger partial charge < -0.3 is 4.57 Å². The fourth-order valence-corrected chi connectivity index (χ4v) is 1.45. The Morgan fingerprint density at radius 3 is 2.85 bits per heavy atom. The van der Waals surface area contributed by atoms with Crippen LogP contribution in [0.3, 0.4) is 0 Å².